The average molecular weight is 258 g/mol. The van der Waals surface area contributed by atoms with Crippen molar-refractivity contribution >= 4 is 21.6 Å². The van der Waals surface area contributed by atoms with Crippen LogP contribution in [0.5, 0.6) is 11.6 Å². The maximum Gasteiger partial charge on any atom is 0.240 e. The Balaban J connectivity index is 1.98. The van der Waals surface area contributed by atoms with Crippen LogP contribution in [0.3, 0.4) is 0 Å². The first-order valence-electron chi connectivity index (χ1n) is 5.42. The fourth-order valence-corrected chi connectivity index (χ4v) is 2.43. The van der Waals surface area contributed by atoms with Gasteiger partial charge in [0.2, 0.25) is 5.88 Å². The van der Waals surface area contributed by atoms with Gasteiger partial charge >= 0.3 is 0 Å². The van der Waals surface area contributed by atoms with E-state index in [0.717, 1.165) is 15.8 Å². The number of rotatable bonds is 3. The predicted octanol–water partition coefficient (Wildman–Crippen LogP) is 2.98. The second-order valence-corrected chi connectivity index (χ2v) is 4.64. The molecule has 0 saturated heterocycles. The fraction of sp³-hybridized carbons (Fsp3) is 0.0769. The van der Waals surface area contributed by atoms with E-state index in [0.29, 0.717) is 11.6 Å². The molecule has 2 heterocycles. The van der Waals surface area contributed by atoms with Crippen molar-refractivity contribution in [3.05, 3.63) is 47.6 Å². The van der Waals surface area contributed by atoms with Crippen LogP contribution in [-0.2, 0) is 6.61 Å². The zero-order valence-electron chi connectivity index (χ0n) is 9.41. The lowest BCUT2D eigenvalue weighted by molar-refractivity contribution is 0.281. The van der Waals surface area contributed by atoms with E-state index >= 15 is 0 Å². The Hall–Kier alpha value is -1.98. The lowest BCUT2D eigenvalue weighted by Gasteiger charge is -2.06. The molecule has 2 aromatic heterocycles. The number of ether oxygens (including phenoxy) is 1. The van der Waals surface area contributed by atoms with Crippen LogP contribution in [0.1, 0.15) is 5.56 Å². The van der Waals surface area contributed by atoms with Gasteiger partial charge in [0.25, 0.3) is 0 Å². The normalized spacial score (nSPS) is 10.7. The Morgan fingerprint density at radius 1 is 1.22 bits per heavy atom. The minimum absolute atomic E-state index is 0.00458. The maximum atomic E-state index is 9.09. The molecule has 0 aliphatic rings. The predicted molar refractivity (Wildman–Crippen MR) is 69.9 cm³/mol. The largest absolute Gasteiger partial charge is 0.437 e. The molecule has 0 radical (unpaired) electrons. The number of aliphatic hydroxyl groups excluding tert-OH is 1. The zero-order valence-corrected chi connectivity index (χ0v) is 10.2. The van der Waals surface area contributed by atoms with Gasteiger partial charge in [-0.3, -0.25) is 0 Å². The van der Waals surface area contributed by atoms with Crippen LogP contribution >= 0.6 is 11.3 Å². The van der Waals surface area contributed by atoms with Gasteiger partial charge in [0.15, 0.2) is 0 Å². The summed E-state index contributed by atoms with van der Waals surface area (Å²) in [5, 5.41) is 11.0. The van der Waals surface area contributed by atoms with Crippen LogP contribution < -0.4 is 4.74 Å². The van der Waals surface area contributed by atoms with Crippen molar-refractivity contribution in [2.24, 2.45) is 0 Å². The average Bonchev–Trinajstić information content (AvgIpc) is 2.88. The molecule has 0 spiro atoms. The van der Waals surface area contributed by atoms with Crippen molar-refractivity contribution in [1.29, 1.82) is 0 Å². The highest BCUT2D eigenvalue weighted by Gasteiger charge is 2.07. The zero-order chi connectivity index (χ0) is 12.4. The van der Waals surface area contributed by atoms with E-state index in [4.69, 9.17) is 9.84 Å². The number of fused-ring (bicyclic) bond motifs is 1. The molecule has 0 aliphatic heterocycles. The van der Waals surface area contributed by atoms with Gasteiger partial charge in [0.1, 0.15) is 16.8 Å². The third-order valence-corrected chi connectivity index (χ3v) is 3.40. The number of hydrogen-bond donors (Lipinski definition) is 1. The van der Waals surface area contributed by atoms with Gasteiger partial charge in [-0.2, -0.15) is 0 Å². The van der Waals surface area contributed by atoms with Crippen molar-refractivity contribution in [3.63, 3.8) is 0 Å². The molecule has 1 aromatic carbocycles. The molecule has 3 rings (SSSR count). The molecular weight excluding hydrogens is 248 g/mol. The van der Waals surface area contributed by atoms with Crippen LogP contribution in [0.2, 0.25) is 0 Å². The van der Waals surface area contributed by atoms with Gasteiger partial charge in [-0.1, -0.05) is 12.1 Å². The summed E-state index contributed by atoms with van der Waals surface area (Å²) in [6.07, 6.45) is 1.49. The Morgan fingerprint density at radius 2 is 2.17 bits per heavy atom. The maximum absolute atomic E-state index is 9.09. The molecule has 0 saturated carbocycles. The monoisotopic (exact) mass is 258 g/mol. The Bertz CT molecular complexity index is 681. The second kappa shape index (κ2) is 4.72. The first kappa shape index (κ1) is 11.1. The summed E-state index contributed by atoms with van der Waals surface area (Å²) in [5.41, 5.74) is 1.69. The van der Waals surface area contributed by atoms with E-state index in [1.165, 1.54) is 6.33 Å². The topological polar surface area (TPSA) is 55.2 Å². The molecule has 1 N–H and O–H groups in total. The Labute approximate surface area is 108 Å². The minimum atomic E-state index is -0.00458. The summed E-state index contributed by atoms with van der Waals surface area (Å²) >= 11 is 1.54. The fourth-order valence-electron chi connectivity index (χ4n) is 1.66. The summed E-state index contributed by atoms with van der Waals surface area (Å²) in [6.45, 7) is -0.00458. The Morgan fingerprint density at radius 3 is 3.06 bits per heavy atom. The lowest BCUT2D eigenvalue weighted by atomic mass is 10.2. The van der Waals surface area contributed by atoms with E-state index in [1.54, 1.807) is 17.4 Å². The summed E-state index contributed by atoms with van der Waals surface area (Å²) in [6, 6.07) is 9.24. The van der Waals surface area contributed by atoms with E-state index in [2.05, 4.69) is 9.97 Å². The molecule has 90 valence electrons. The molecule has 3 aromatic rings. The molecular formula is C13H10N2O2S. The van der Waals surface area contributed by atoms with Gasteiger partial charge in [-0.05, 0) is 29.1 Å². The highest BCUT2D eigenvalue weighted by atomic mass is 32.1. The number of aliphatic hydroxyl groups is 1. The highest BCUT2D eigenvalue weighted by Crippen LogP contribution is 2.30. The number of aromatic nitrogens is 2. The Kier molecular flexibility index (Phi) is 2.92. The first-order valence-corrected chi connectivity index (χ1v) is 6.30. The summed E-state index contributed by atoms with van der Waals surface area (Å²) in [4.78, 5) is 8.30. The van der Waals surface area contributed by atoms with Crippen LogP contribution in [0.4, 0.5) is 0 Å². The van der Waals surface area contributed by atoms with Gasteiger partial charge in [0, 0.05) is 0 Å². The van der Waals surface area contributed by atoms with E-state index < -0.39 is 0 Å². The van der Waals surface area contributed by atoms with Crippen molar-refractivity contribution in [3.8, 4) is 11.6 Å². The third-order valence-electron chi connectivity index (χ3n) is 2.51. The first-order chi connectivity index (χ1) is 8.86. The smallest absolute Gasteiger partial charge is 0.240 e. The molecule has 4 nitrogen and oxygen atoms in total. The van der Waals surface area contributed by atoms with E-state index in [9.17, 15) is 0 Å². The van der Waals surface area contributed by atoms with Crippen LogP contribution in [0, 0.1) is 0 Å². The molecule has 0 fully saturated rings. The standard InChI is InChI=1S/C13H10N2O2S/c16-7-9-2-1-3-10(6-9)17-13-12-11(4-5-18-12)14-8-15-13/h1-6,8,16H,7H2. The SMILES string of the molecule is OCc1cccc(Oc2ncnc3ccsc23)c1. The molecule has 0 aliphatic carbocycles. The van der Waals surface area contributed by atoms with Gasteiger partial charge in [-0.15, -0.1) is 11.3 Å². The quantitative estimate of drug-likeness (QED) is 0.784. The summed E-state index contributed by atoms with van der Waals surface area (Å²) in [5.74, 6) is 1.21. The van der Waals surface area contributed by atoms with Crippen molar-refractivity contribution in [1.82, 2.24) is 9.97 Å². The molecule has 0 unspecified atom stereocenters. The number of nitrogens with zero attached hydrogens (tertiary/aromatic N) is 2. The van der Waals surface area contributed by atoms with Crippen molar-refractivity contribution in [2.75, 3.05) is 0 Å². The molecule has 18 heavy (non-hydrogen) atoms. The van der Waals surface area contributed by atoms with Crippen LogP contribution in [0.15, 0.2) is 42.0 Å². The molecule has 5 heteroatoms. The lowest BCUT2D eigenvalue weighted by Crippen LogP contribution is -1.90. The minimum Gasteiger partial charge on any atom is -0.437 e. The molecule has 0 bridgehead atoms. The van der Waals surface area contributed by atoms with Crippen molar-refractivity contribution in [2.45, 2.75) is 6.61 Å². The van der Waals surface area contributed by atoms with Gasteiger partial charge in [0.05, 0.1) is 12.1 Å². The molecule has 0 atom stereocenters. The summed E-state index contributed by atoms with van der Waals surface area (Å²) in [7, 11) is 0. The van der Waals surface area contributed by atoms with Crippen LogP contribution in [0.25, 0.3) is 10.2 Å². The number of benzene rings is 1. The van der Waals surface area contributed by atoms with Crippen molar-refractivity contribution < 1.29 is 9.84 Å². The van der Waals surface area contributed by atoms with E-state index in [1.807, 2.05) is 29.6 Å². The second-order valence-electron chi connectivity index (χ2n) is 3.72. The van der Waals surface area contributed by atoms with E-state index in [-0.39, 0.29) is 6.61 Å². The van der Waals surface area contributed by atoms with Gasteiger partial charge in [-0.25, -0.2) is 9.97 Å². The number of hydrogen-bond acceptors (Lipinski definition) is 5. The third kappa shape index (κ3) is 2.05. The van der Waals surface area contributed by atoms with Crippen LogP contribution in [-0.4, -0.2) is 15.1 Å². The summed E-state index contributed by atoms with van der Waals surface area (Å²) < 4.78 is 6.66. The highest BCUT2D eigenvalue weighted by molar-refractivity contribution is 7.17. The molecule has 0 amide bonds. The number of thiophene rings is 1. The van der Waals surface area contributed by atoms with Gasteiger partial charge < -0.3 is 9.84 Å².